The van der Waals surface area contributed by atoms with E-state index in [0.717, 1.165) is 6.42 Å². The Bertz CT molecular complexity index is 467. The average molecular weight is 291 g/mol. The van der Waals surface area contributed by atoms with Gasteiger partial charge in [-0.1, -0.05) is 30.3 Å². The van der Waals surface area contributed by atoms with Crippen LogP contribution in [-0.4, -0.2) is 42.9 Å². The molecule has 0 bridgehead atoms. The highest BCUT2D eigenvalue weighted by Crippen LogP contribution is 2.30. The van der Waals surface area contributed by atoms with E-state index in [1.54, 1.807) is 12.0 Å². The number of hydrogen-bond acceptors (Lipinski definition) is 3. The predicted octanol–water partition coefficient (Wildman–Crippen LogP) is 3.43. The molecule has 2 atom stereocenters. The van der Waals surface area contributed by atoms with Gasteiger partial charge in [0.15, 0.2) is 0 Å². The van der Waals surface area contributed by atoms with Crippen molar-refractivity contribution in [2.24, 2.45) is 0 Å². The highest BCUT2D eigenvalue weighted by Gasteiger charge is 2.34. The maximum atomic E-state index is 12.2. The Kier molecular flexibility index (Phi) is 4.88. The zero-order valence-corrected chi connectivity index (χ0v) is 13.3. The van der Waals surface area contributed by atoms with Crippen molar-refractivity contribution in [2.75, 3.05) is 20.2 Å². The molecule has 0 aliphatic carbocycles. The number of methoxy groups -OCH3 is 1. The molecule has 0 spiro atoms. The minimum atomic E-state index is -0.461. The molecule has 1 aromatic rings. The second-order valence-corrected chi connectivity index (χ2v) is 6.51. The van der Waals surface area contributed by atoms with Gasteiger partial charge in [-0.15, -0.1) is 0 Å². The fourth-order valence-corrected chi connectivity index (χ4v) is 2.73. The number of amides is 1. The molecular weight excluding hydrogens is 266 g/mol. The van der Waals surface area contributed by atoms with Crippen molar-refractivity contribution in [1.29, 1.82) is 0 Å². The quantitative estimate of drug-likeness (QED) is 0.838. The molecule has 4 heteroatoms. The van der Waals surface area contributed by atoms with Gasteiger partial charge in [-0.2, -0.15) is 0 Å². The maximum Gasteiger partial charge on any atom is 0.410 e. The van der Waals surface area contributed by atoms with E-state index < -0.39 is 5.60 Å². The topological polar surface area (TPSA) is 38.8 Å². The Morgan fingerprint density at radius 2 is 1.90 bits per heavy atom. The maximum absolute atomic E-state index is 12.2. The van der Waals surface area contributed by atoms with Crippen LogP contribution in [0, 0.1) is 0 Å². The summed E-state index contributed by atoms with van der Waals surface area (Å²) in [6.07, 6.45) is 0.735. The van der Waals surface area contributed by atoms with E-state index in [4.69, 9.17) is 9.47 Å². The zero-order chi connectivity index (χ0) is 15.5. The lowest BCUT2D eigenvalue weighted by atomic mass is 9.88. The number of rotatable bonds is 2. The van der Waals surface area contributed by atoms with E-state index in [0.29, 0.717) is 13.1 Å². The van der Waals surface area contributed by atoms with Gasteiger partial charge in [0.2, 0.25) is 0 Å². The normalized spacial score (nSPS) is 23.0. The number of benzene rings is 1. The fraction of sp³-hybridized carbons (Fsp3) is 0.588. The highest BCUT2D eigenvalue weighted by atomic mass is 16.6. The van der Waals surface area contributed by atoms with Gasteiger partial charge in [-0.25, -0.2) is 4.79 Å². The van der Waals surface area contributed by atoms with Gasteiger partial charge in [-0.3, -0.25) is 0 Å². The third kappa shape index (κ3) is 4.21. The van der Waals surface area contributed by atoms with Gasteiger partial charge in [0.05, 0.1) is 6.10 Å². The van der Waals surface area contributed by atoms with Crippen molar-refractivity contribution >= 4 is 6.09 Å². The standard InChI is InChI=1S/C17H25NO3/c1-17(2,3)21-16(19)18-11-10-15(20-4)14(12-18)13-8-6-5-7-9-13/h5-9,14-15H,10-12H2,1-4H3. The molecular formula is C17H25NO3. The molecule has 4 nitrogen and oxygen atoms in total. The van der Waals surface area contributed by atoms with Crippen LogP contribution in [0.4, 0.5) is 4.79 Å². The van der Waals surface area contributed by atoms with Crippen LogP contribution in [0.1, 0.15) is 38.7 Å². The van der Waals surface area contributed by atoms with Gasteiger partial charge in [0.1, 0.15) is 5.60 Å². The third-order valence-electron chi connectivity index (χ3n) is 3.73. The summed E-state index contributed by atoms with van der Waals surface area (Å²) < 4.78 is 11.1. The van der Waals surface area contributed by atoms with Crippen LogP contribution in [-0.2, 0) is 9.47 Å². The number of ether oxygens (including phenoxy) is 2. The van der Waals surface area contributed by atoms with Gasteiger partial charge < -0.3 is 14.4 Å². The molecule has 1 aliphatic rings. The molecule has 0 radical (unpaired) electrons. The minimum Gasteiger partial charge on any atom is -0.444 e. The number of carbonyl (C=O) groups excluding carboxylic acids is 1. The van der Waals surface area contributed by atoms with Crippen LogP contribution in [0.5, 0.6) is 0 Å². The van der Waals surface area contributed by atoms with Crippen LogP contribution in [0.2, 0.25) is 0 Å². The largest absolute Gasteiger partial charge is 0.444 e. The molecule has 21 heavy (non-hydrogen) atoms. The van der Waals surface area contributed by atoms with Crippen LogP contribution < -0.4 is 0 Å². The smallest absolute Gasteiger partial charge is 0.410 e. The summed E-state index contributed by atoms with van der Waals surface area (Å²) in [5.74, 6) is 0.192. The first-order chi connectivity index (χ1) is 9.90. The molecule has 1 heterocycles. The van der Waals surface area contributed by atoms with E-state index in [9.17, 15) is 4.79 Å². The monoisotopic (exact) mass is 291 g/mol. The number of nitrogens with zero attached hydrogens (tertiary/aromatic N) is 1. The van der Waals surface area contributed by atoms with Crippen LogP contribution in [0.3, 0.4) is 0 Å². The predicted molar refractivity (Wildman–Crippen MR) is 82.4 cm³/mol. The summed E-state index contributed by atoms with van der Waals surface area (Å²) in [5.41, 5.74) is 0.745. The van der Waals surface area contributed by atoms with E-state index >= 15 is 0 Å². The lowest BCUT2D eigenvalue weighted by molar-refractivity contribution is -0.00700. The summed E-state index contributed by atoms with van der Waals surface area (Å²) >= 11 is 0. The summed E-state index contributed by atoms with van der Waals surface area (Å²) in [6.45, 7) is 6.98. The Hall–Kier alpha value is -1.55. The number of carbonyl (C=O) groups is 1. The average Bonchev–Trinajstić information content (AvgIpc) is 2.45. The van der Waals surface area contributed by atoms with E-state index in [1.807, 2.05) is 39.0 Å². The first-order valence-corrected chi connectivity index (χ1v) is 7.46. The van der Waals surface area contributed by atoms with Gasteiger partial charge in [-0.05, 0) is 32.8 Å². The van der Waals surface area contributed by atoms with Crippen molar-refractivity contribution in [3.63, 3.8) is 0 Å². The van der Waals surface area contributed by atoms with Crippen molar-refractivity contribution in [3.8, 4) is 0 Å². The molecule has 1 fully saturated rings. The van der Waals surface area contributed by atoms with E-state index in [-0.39, 0.29) is 18.1 Å². The van der Waals surface area contributed by atoms with Crippen molar-refractivity contribution in [1.82, 2.24) is 4.90 Å². The Morgan fingerprint density at radius 3 is 2.48 bits per heavy atom. The van der Waals surface area contributed by atoms with E-state index in [1.165, 1.54) is 5.56 Å². The lowest BCUT2D eigenvalue weighted by Gasteiger charge is -2.38. The molecule has 1 amide bonds. The van der Waals surface area contributed by atoms with Crippen molar-refractivity contribution in [2.45, 2.75) is 44.8 Å². The molecule has 2 rings (SSSR count). The highest BCUT2D eigenvalue weighted by molar-refractivity contribution is 5.68. The lowest BCUT2D eigenvalue weighted by Crippen LogP contribution is -2.47. The molecule has 1 aliphatic heterocycles. The van der Waals surface area contributed by atoms with Gasteiger partial charge in [0, 0.05) is 26.1 Å². The van der Waals surface area contributed by atoms with Gasteiger partial charge in [0.25, 0.3) is 0 Å². The molecule has 2 unspecified atom stereocenters. The first kappa shape index (κ1) is 15.8. The zero-order valence-electron chi connectivity index (χ0n) is 13.3. The summed E-state index contributed by atoms with van der Waals surface area (Å²) in [4.78, 5) is 14.0. The molecule has 0 saturated carbocycles. The van der Waals surface area contributed by atoms with E-state index in [2.05, 4.69) is 12.1 Å². The molecule has 0 N–H and O–H groups in total. The molecule has 1 aromatic carbocycles. The number of hydrogen-bond donors (Lipinski definition) is 0. The Balaban J connectivity index is 2.10. The van der Waals surface area contributed by atoms with Crippen molar-refractivity contribution in [3.05, 3.63) is 35.9 Å². The van der Waals surface area contributed by atoms with Gasteiger partial charge >= 0.3 is 6.09 Å². The Labute approximate surface area is 127 Å². The second-order valence-electron chi connectivity index (χ2n) is 6.51. The van der Waals surface area contributed by atoms with Crippen molar-refractivity contribution < 1.29 is 14.3 Å². The van der Waals surface area contributed by atoms with Crippen LogP contribution in [0.15, 0.2) is 30.3 Å². The summed E-state index contributed by atoms with van der Waals surface area (Å²) in [6, 6.07) is 10.2. The molecule has 1 saturated heterocycles. The van der Waals surface area contributed by atoms with Crippen LogP contribution >= 0.6 is 0 Å². The first-order valence-electron chi connectivity index (χ1n) is 7.46. The number of piperidine rings is 1. The molecule has 0 aromatic heterocycles. The molecule has 116 valence electrons. The summed E-state index contributed by atoms with van der Waals surface area (Å²) in [5, 5.41) is 0. The number of likely N-dealkylation sites (tertiary alicyclic amines) is 1. The third-order valence-corrected chi connectivity index (χ3v) is 3.73. The minimum absolute atomic E-state index is 0.145. The van der Waals surface area contributed by atoms with Crippen LogP contribution in [0.25, 0.3) is 0 Å². The second kappa shape index (κ2) is 6.48. The fourth-order valence-electron chi connectivity index (χ4n) is 2.73. The Morgan fingerprint density at radius 1 is 1.24 bits per heavy atom. The summed E-state index contributed by atoms with van der Waals surface area (Å²) in [7, 11) is 1.74. The SMILES string of the molecule is COC1CCN(C(=O)OC(C)(C)C)CC1c1ccccc1.